The molecule has 0 bridgehead atoms. The average molecular weight is 366 g/mol. The first-order valence-electron chi connectivity index (χ1n) is 7.43. The topological polar surface area (TPSA) is 83.6 Å². The van der Waals surface area contributed by atoms with Crippen LogP contribution in [-0.4, -0.2) is 29.6 Å². The van der Waals surface area contributed by atoms with Gasteiger partial charge in [-0.05, 0) is 30.2 Å². The van der Waals surface area contributed by atoms with Gasteiger partial charge in [-0.25, -0.2) is 21.6 Å². The molecule has 0 amide bonds. The summed E-state index contributed by atoms with van der Waals surface area (Å²) in [4.78, 5) is 0.188. The van der Waals surface area contributed by atoms with Crippen LogP contribution in [0.25, 0.3) is 0 Å². The van der Waals surface area contributed by atoms with E-state index in [2.05, 4.69) is 4.72 Å². The molecule has 2 aromatic carbocycles. The van der Waals surface area contributed by atoms with Gasteiger partial charge in [-0.15, -0.1) is 0 Å². The molecular formula is C16H18N2O4S2. The maximum Gasteiger partial charge on any atom is 0.241 e. The van der Waals surface area contributed by atoms with Crippen molar-refractivity contribution < 1.29 is 16.8 Å². The number of benzene rings is 2. The van der Waals surface area contributed by atoms with Gasteiger partial charge in [0.25, 0.3) is 0 Å². The van der Waals surface area contributed by atoms with E-state index < -0.39 is 26.1 Å². The zero-order valence-electron chi connectivity index (χ0n) is 13.1. The predicted octanol–water partition coefficient (Wildman–Crippen LogP) is 1.88. The number of hydrogen-bond acceptors (Lipinski definition) is 4. The molecule has 3 rings (SSSR count). The number of sulfonamides is 2. The van der Waals surface area contributed by atoms with E-state index in [0.29, 0.717) is 17.7 Å². The van der Waals surface area contributed by atoms with Crippen molar-refractivity contribution in [2.45, 2.75) is 17.4 Å². The smallest absolute Gasteiger partial charge is 0.241 e. The molecule has 8 heteroatoms. The molecule has 0 aliphatic carbocycles. The third-order valence-corrected chi connectivity index (χ3v) is 6.62. The summed E-state index contributed by atoms with van der Waals surface area (Å²) in [5, 5.41) is 0. The molecule has 0 saturated heterocycles. The highest BCUT2D eigenvalue weighted by Gasteiger charge is 2.32. The SMILES string of the molecule is CS(=O)(=O)N1CCC(NS(=O)(=O)c2ccccc2)c2ccccc21. The van der Waals surface area contributed by atoms with Gasteiger partial charge in [0, 0.05) is 6.54 Å². The molecule has 128 valence electrons. The summed E-state index contributed by atoms with van der Waals surface area (Å²) in [6, 6.07) is 14.6. The summed E-state index contributed by atoms with van der Waals surface area (Å²) in [5.41, 5.74) is 1.18. The number of nitrogens with zero attached hydrogens (tertiary/aromatic N) is 1. The number of anilines is 1. The van der Waals surface area contributed by atoms with E-state index in [9.17, 15) is 16.8 Å². The van der Waals surface area contributed by atoms with Crippen molar-refractivity contribution in [3.63, 3.8) is 0 Å². The zero-order valence-corrected chi connectivity index (χ0v) is 14.7. The normalized spacial score (nSPS) is 18.2. The van der Waals surface area contributed by atoms with Crippen molar-refractivity contribution in [1.82, 2.24) is 4.72 Å². The van der Waals surface area contributed by atoms with Crippen molar-refractivity contribution in [1.29, 1.82) is 0 Å². The van der Waals surface area contributed by atoms with Crippen LogP contribution >= 0.6 is 0 Å². The molecule has 1 atom stereocenters. The lowest BCUT2D eigenvalue weighted by Crippen LogP contribution is -2.40. The van der Waals surface area contributed by atoms with E-state index in [4.69, 9.17) is 0 Å². The maximum atomic E-state index is 12.5. The number of hydrogen-bond donors (Lipinski definition) is 1. The van der Waals surface area contributed by atoms with Crippen molar-refractivity contribution in [2.75, 3.05) is 17.1 Å². The quantitative estimate of drug-likeness (QED) is 0.895. The molecular weight excluding hydrogens is 348 g/mol. The number of nitrogens with one attached hydrogen (secondary N) is 1. The van der Waals surface area contributed by atoms with Gasteiger partial charge in [-0.1, -0.05) is 36.4 Å². The number of para-hydroxylation sites is 1. The Balaban J connectivity index is 1.96. The molecule has 1 N–H and O–H groups in total. The highest BCUT2D eigenvalue weighted by atomic mass is 32.2. The Morgan fingerprint density at radius 2 is 1.58 bits per heavy atom. The van der Waals surface area contributed by atoms with Crippen LogP contribution in [0.2, 0.25) is 0 Å². The average Bonchev–Trinajstić information content (AvgIpc) is 2.54. The molecule has 1 heterocycles. The Morgan fingerprint density at radius 1 is 0.958 bits per heavy atom. The van der Waals surface area contributed by atoms with Crippen LogP contribution < -0.4 is 9.03 Å². The molecule has 1 unspecified atom stereocenters. The highest BCUT2D eigenvalue weighted by Crippen LogP contribution is 2.35. The highest BCUT2D eigenvalue weighted by molar-refractivity contribution is 7.92. The number of rotatable bonds is 4. The van der Waals surface area contributed by atoms with Gasteiger partial charge >= 0.3 is 0 Å². The molecule has 1 aliphatic rings. The summed E-state index contributed by atoms with van der Waals surface area (Å²) in [6.07, 6.45) is 1.52. The first-order chi connectivity index (χ1) is 11.3. The van der Waals surface area contributed by atoms with E-state index in [0.717, 1.165) is 6.26 Å². The summed E-state index contributed by atoms with van der Waals surface area (Å²) >= 11 is 0. The maximum absolute atomic E-state index is 12.5. The van der Waals surface area contributed by atoms with Crippen molar-refractivity contribution in [3.8, 4) is 0 Å². The van der Waals surface area contributed by atoms with Crippen molar-refractivity contribution in [2.24, 2.45) is 0 Å². The third-order valence-electron chi connectivity index (χ3n) is 3.95. The van der Waals surface area contributed by atoms with Crippen LogP contribution in [-0.2, 0) is 20.0 Å². The lowest BCUT2D eigenvalue weighted by Gasteiger charge is -2.34. The Bertz CT molecular complexity index is 941. The molecule has 0 fully saturated rings. The minimum Gasteiger partial charge on any atom is -0.270 e. The minimum absolute atomic E-state index is 0.188. The van der Waals surface area contributed by atoms with Crippen LogP contribution in [0.15, 0.2) is 59.5 Å². The summed E-state index contributed by atoms with van der Waals surface area (Å²) in [6.45, 7) is 0.234. The standard InChI is InChI=1S/C16H18N2O4S2/c1-23(19,20)18-12-11-15(14-9-5-6-10-16(14)18)17-24(21,22)13-7-3-2-4-8-13/h2-10,15,17H,11-12H2,1H3. The molecule has 0 spiro atoms. The largest absolute Gasteiger partial charge is 0.270 e. The van der Waals surface area contributed by atoms with Gasteiger partial charge in [-0.2, -0.15) is 0 Å². The molecule has 0 aromatic heterocycles. The Kier molecular flexibility index (Phi) is 4.37. The van der Waals surface area contributed by atoms with Crippen molar-refractivity contribution in [3.05, 3.63) is 60.2 Å². The molecule has 2 aromatic rings. The molecule has 0 radical (unpaired) electrons. The first-order valence-corrected chi connectivity index (χ1v) is 10.8. The third kappa shape index (κ3) is 3.31. The van der Waals surface area contributed by atoms with Crippen LogP contribution in [0.1, 0.15) is 18.0 Å². The summed E-state index contributed by atoms with van der Waals surface area (Å²) in [7, 11) is -7.08. The van der Waals surface area contributed by atoms with E-state index in [-0.39, 0.29) is 11.4 Å². The van der Waals surface area contributed by atoms with Crippen LogP contribution in [0.3, 0.4) is 0 Å². The van der Waals surface area contributed by atoms with Crippen LogP contribution in [0.4, 0.5) is 5.69 Å². The molecule has 6 nitrogen and oxygen atoms in total. The molecule has 0 saturated carbocycles. The monoisotopic (exact) mass is 366 g/mol. The second kappa shape index (κ2) is 6.19. The van der Waals surface area contributed by atoms with E-state index in [1.165, 1.54) is 16.4 Å². The Labute approximate surface area is 142 Å². The lowest BCUT2D eigenvalue weighted by atomic mass is 9.99. The lowest BCUT2D eigenvalue weighted by molar-refractivity contribution is 0.530. The van der Waals surface area contributed by atoms with Gasteiger partial charge in [0.1, 0.15) is 0 Å². The van der Waals surface area contributed by atoms with Gasteiger partial charge < -0.3 is 0 Å². The van der Waals surface area contributed by atoms with Crippen molar-refractivity contribution >= 4 is 25.7 Å². The Morgan fingerprint density at radius 3 is 2.25 bits per heavy atom. The first kappa shape index (κ1) is 16.9. The van der Waals surface area contributed by atoms with E-state index in [1.54, 1.807) is 42.5 Å². The summed E-state index contributed by atoms with van der Waals surface area (Å²) < 4.78 is 53.0. The molecule has 1 aliphatic heterocycles. The minimum atomic E-state index is -3.67. The predicted molar refractivity (Wildman–Crippen MR) is 92.8 cm³/mol. The Hall–Kier alpha value is -1.90. The second-order valence-corrected chi connectivity index (χ2v) is 9.29. The summed E-state index contributed by atoms with van der Waals surface area (Å²) in [5.74, 6) is 0. The van der Waals surface area contributed by atoms with Crippen LogP contribution in [0.5, 0.6) is 0 Å². The van der Waals surface area contributed by atoms with Gasteiger partial charge in [0.15, 0.2) is 0 Å². The molecule has 24 heavy (non-hydrogen) atoms. The van der Waals surface area contributed by atoms with Gasteiger partial charge in [-0.3, -0.25) is 4.31 Å². The number of fused-ring (bicyclic) bond motifs is 1. The van der Waals surface area contributed by atoms with E-state index >= 15 is 0 Å². The fourth-order valence-corrected chi connectivity index (χ4v) is 5.09. The zero-order chi connectivity index (χ0) is 17.4. The second-order valence-electron chi connectivity index (χ2n) is 5.67. The fourth-order valence-electron chi connectivity index (χ4n) is 2.85. The van der Waals surface area contributed by atoms with E-state index in [1.807, 2.05) is 0 Å². The van der Waals surface area contributed by atoms with Gasteiger partial charge in [0.05, 0.1) is 22.9 Å². The van der Waals surface area contributed by atoms with Gasteiger partial charge in [0.2, 0.25) is 20.0 Å². The fraction of sp³-hybridized carbons (Fsp3) is 0.250. The van der Waals surface area contributed by atoms with Crippen LogP contribution in [0, 0.1) is 0 Å².